The predicted molar refractivity (Wildman–Crippen MR) is 126 cm³/mol. The number of aromatic nitrogens is 3. The Balaban J connectivity index is 1.65. The fourth-order valence-corrected chi connectivity index (χ4v) is 3.75. The highest BCUT2D eigenvalue weighted by molar-refractivity contribution is 6.01. The van der Waals surface area contributed by atoms with Gasteiger partial charge in [-0.1, -0.05) is 42.0 Å². The minimum atomic E-state index is -1.66. The van der Waals surface area contributed by atoms with E-state index in [-0.39, 0.29) is 16.8 Å². The highest BCUT2D eigenvalue weighted by Gasteiger charge is 2.36. The van der Waals surface area contributed by atoms with Gasteiger partial charge in [-0.25, -0.2) is 4.39 Å². The molecule has 4 aromatic rings. The van der Waals surface area contributed by atoms with Crippen molar-refractivity contribution in [3.63, 3.8) is 0 Å². The summed E-state index contributed by atoms with van der Waals surface area (Å²) in [6, 6.07) is 17.5. The van der Waals surface area contributed by atoms with Crippen molar-refractivity contribution in [2.45, 2.75) is 25.5 Å². The molecule has 0 fully saturated rings. The van der Waals surface area contributed by atoms with Crippen LogP contribution in [0.2, 0.25) is 0 Å². The van der Waals surface area contributed by atoms with Crippen molar-refractivity contribution in [2.75, 3.05) is 6.61 Å². The molecule has 2 aromatic carbocycles. The molecule has 7 nitrogen and oxygen atoms in total. The molecule has 0 spiro atoms. The molecular weight excluding hydrogens is 435 g/mol. The number of aliphatic hydroxyl groups is 2. The third kappa shape index (κ3) is 4.59. The summed E-state index contributed by atoms with van der Waals surface area (Å²) in [6.07, 6.45) is 1.51. The molecule has 4 N–H and O–H groups in total. The van der Waals surface area contributed by atoms with E-state index in [4.69, 9.17) is 0 Å². The maximum absolute atomic E-state index is 14.9. The van der Waals surface area contributed by atoms with Crippen molar-refractivity contribution >= 4 is 5.91 Å². The first-order valence-corrected chi connectivity index (χ1v) is 10.8. The zero-order valence-electron chi connectivity index (χ0n) is 18.8. The van der Waals surface area contributed by atoms with E-state index in [1.807, 2.05) is 31.2 Å². The van der Waals surface area contributed by atoms with Crippen molar-refractivity contribution in [1.29, 1.82) is 0 Å². The number of aromatic amines is 1. The summed E-state index contributed by atoms with van der Waals surface area (Å²) in [5.74, 6) is -1.26. The molecule has 2 atom stereocenters. The second-order valence-electron chi connectivity index (χ2n) is 8.27. The number of aliphatic hydroxyl groups excluding tert-OH is 1. The van der Waals surface area contributed by atoms with Crippen LogP contribution in [0.1, 0.15) is 28.5 Å². The van der Waals surface area contributed by atoms with Crippen LogP contribution >= 0.6 is 0 Å². The lowest BCUT2D eigenvalue weighted by Crippen LogP contribution is -2.51. The third-order valence-electron chi connectivity index (χ3n) is 5.80. The standard InChI is InChI=1S/C26H25FN4O3/c1-16-9-11-17(12-10-16)20-14-21(31-30-20)24-18(6-5-7-19(24)27)25(33)29-23(15-32)26(2,34)22-8-3-4-13-28-22/h3-14,23,32,34H,15H2,1-2H3,(H,29,33)(H,30,31)/t23-,26?/m0/s1. The number of benzene rings is 2. The normalized spacial score (nSPS) is 13.8. The van der Waals surface area contributed by atoms with Gasteiger partial charge in [0.2, 0.25) is 0 Å². The van der Waals surface area contributed by atoms with E-state index in [0.29, 0.717) is 11.4 Å². The van der Waals surface area contributed by atoms with Gasteiger partial charge in [-0.3, -0.25) is 14.9 Å². The van der Waals surface area contributed by atoms with Crippen LogP contribution in [-0.2, 0) is 5.60 Å². The lowest BCUT2D eigenvalue weighted by molar-refractivity contribution is -0.00809. The summed E-state index contributed by atoms with van der Waals surface area (Å²) in [7, 11) is 0. The molecule has 0 aliphatic rings. The van der Waals surface area contributed by atoms with Crippen molar-refractivity contribution in [3.8, 4) is 22.5 Å². The Morgan fingerprint density at radius 1 is 1.15 bits per heavy atom. The Hall–Kier alpha value is -3.88. The first-order valence-electron chi connectivity index (χ1n) is 10.8. The van der Waals surface area contributed by atoms with E-state index >= 15 is 0 Å². The number of nitrogens with zero attached hydrogens (tertiary/aromatic N) is 2. The molecule has 1 amide bonds. The summed E-state index contributed by atoms with van der Waals surface area (Å²) in [6.45, 7) is 2.88. The zero-order chi connectivity index (χ0) is 24.3. The number of rotatable bonds is 7. The zero-order valence-corrected chi connectivity index (χ0v) is 18.8. The topological polar surface area (TPSA) is 111 Å². The van der Waals surface area contributed by atoms with E-state index in [0.717, 1.165) is 11.1 Å². The minimum Gasteiger partial charge on any atom is -0.394 e. The number of halogens is 1. The average Bonchev–Trinajstić information content (AvgIpc) is 3.32. The average molecular weight is 461 g/mol. The van der Waals surface area contributed by atoms with Gasteiger partial charge in [-0.2, -0.15) is 5.10 Å². The highest BCUT2D eigenvalue weighted by atomic mass is 19.1. The van der Waals surface area contributed by atoms with E-state index in [2.05, 4.69) is 20.5 Å². The lowest BCUT2D eigenvalue weighted by atomic mass is 9.92. The summed E-state index contributed by atoms with van der Waals surface area (Å²) in [5.41, 5.74) is 1.59. The fraction of sp³-hybridized carbons (Fsp3) is 0.192. The molecule has 34 heavy (non-hydrogen) atoms. The smallest absolute Gasteiger partial charge is 0.252 e. The predicted octanol–water partition coefficient (Wildman–Crippen LogP) is 3.58. The second kappa shape index (κ2) is 9.54. The molecule has 2 heterocycles. The largest absolute Gasteiger partial charge is 0.394 e. The second-order valence-corrected chi connectivity index (χ2v) is 8.27. The van der Waals surface area contributed by atoms with Crippen LogP contribution in [0.3, 0.4) is 0 Å². The lowest BCUT2D eigenvalue weighted by Gasteiger charge is -2.32. The number of hydrogen-bond donors (Lipinski definition) is 4. The van der Waals surface area contributed by atoms with Gasteiger partial charge in [0.15, 0.2) is 0 Å². The minimum absolute atomic E-state index is 0.0365. The van der Waals surface area contributed by atoms with E-state index < -0.39 is 30.0 Å². The first kappa shape index (κ1) is 23.3. The maximum atomic E-state index is 14.9. The first-order chi connectivity index (χ1) is 16.3. The quantitative estimate of drug-likeness (QED) is 0.337. The Bertz CT molecular complexity index is 1290. The van der Waals surface area contributed by atoms with E-state index in [1.165, 1.54) is 31.3 Å². The fourth-order valence-electron chi connectivity index (χ4n) is 3.75. The van der Waals surface area contributed by atoms with E-state index in [1.54, 1.807) is 24.3 Å². The van der Waals surface area contributed by atoms with Gasteiger partial charge >= 0.3 is 0 Å². The van der Waals surface area contributed by atoms with Gasteiger partial charge in [-0.15, -0.1) is 0 Å². The van der Waals surface area contributed by atoms with Crippen LogP contribution in [-0.4, -0.2) is 44.0 Å². The molecule has 2 aromatic heterocycles. The SMILES string of the molecule is Cc1ccc(-c2cc(-c3c(F)cccc3C(=O)N[C@@H](CO)C(C)(O)c3ccccn3)[nH]n2)cc1. The molecule has 174 valence electrons. The Labute approximate surface area is 196 Å². The number of nitrogens with one attached hydrogen (secondary N) is 2. The van der Waals surface area contributed by atoms with Gasteiger partial charge in [0.25, 0.3) is 5.91 Å². The van der Waals surface area contributed by atoms with Crippen LogP contribution in [0.15, 0.2) is 72.9 Å². The van der Waals surface area contributed by atoms with Crippen LogP contribution in [0.5, 0.6) is 0 Å². The highest BCUT2D eigenvalue weighted by Crippen LogP contribution is 2.30. The van der Waals surface area contributed by atoms with Crippen molar-refractivity contribution in [1.82, 2.24) is 20.5 Å². The number of amides is 1. The summed E-state index contributed by atoms with van der Waals surface area (Å²) in [5, 5.41) is 30.6. The number of aryl methyl sites for hydroxylation is 1. The number of carbonyl (C=O) groups excluding carboxylic acids is 1. The summed E-state index contributed by atoms with van der Waals surface area (Å²) < 4.78 is 14.9. The molecule has 1 unspecified atom stereocenters. The number of H-pyrrole nitrogens is 1. The maximum Gasteiger partial charge on any atom is 0.252 e. The molecule has 0 radical (unpaired) electrons. The molecule has 0 aliphatic heterocycles. The van der Waals surface area contributed by atoms with Crippen molar-refractivity contribution in [3.05, 3.63) is 95.6 Å². The van der Waals surface area contributed by atoms with Crippen molar-refractivity contribution in [2.24, 2.45) is 0 Å². The van der Waals surface area contributed by atoms with Crippen LogP contribution < -0.4 is 5.32 Å². The Morgan fingerprint density at radius 2 is 1.91 bits per heavy atom. The summed E-state index contributed by atoms with van der Waals surface area (Å²) in [4.78, 5) is 17.3. The molecule has 8 heteroatoms. The van der Waals surface area contributed by atoms with Crippen LogP contribution in [0, 0.1) is 12.7 Å². The van der Waals surface area contributed by atoms with Gasteiger partial charge in [-0.05, 0) is 44.2 Å². The Kier molecular flexibility index (Phi) is 6.54. The number of hydrogen-bond acceptors (Lipinski definition) is 5. The third-order valence-corrected chi connectivity index (χ3v) is 5.80. The molecule has 0 aliphatic carbocycles. The van der Waals surface area contributed by atoms with Gasteiger partial charge in [0.1, 0.15) is 11.4 Å². The van der Waals surface area contributed by atoms with Gasteiger partial charge < -0.3 is 15.5 Å². The van der Waals surface area contributed by atoms with Crippen molar-refractivity contribution < 1.29 is 19.4 Å². The number of carbonyl (C=O) groups is 1. The Morgan fingerprint density at radius 3 is 2.59 bits per heavy atom. The van der Waals surface area contributed by atoms with Gasteiger partial charge in [0.05, 0.1) is 35.3 Å². The van der Waals surface area contributed by atoms with Crippen LogP contribution in [0.25, 0.3) is 22.5 Å². The van der Waals surface area contributed by atoms with Gasteiger partial charge in [0, 0.05) is 17.3 Å². The molecule has 0 saturated carbocycles. The molecule has 0 saturated heterocycles. The molecular formula is C26H25FN4O3. The monoisotopic (exact) mass is 460 g/mol. The number of pyridine rings is 1. The molecule has 4 rings (SSSR count). The van der Waals surface area contributed by atoms with E-state index in [9.17, 15) is 19.4 Å². The molecule has 0 bridgehead atoms. The summed E-state index contributed by atoms with van der Waals surface area (Å²) >= 11 is 0. The van der Waals surface area contributed by atoms with Crippen LogP contribution in [0.4, 0.5) is 4.39 Å².